The van der Waals surface area contributed by atoms with E-state index in [1.54, 1.807) is 16.8 Å². The molecule has 0 saturated heterocycles. The summed E-state index contributed by atoms with van der Waals surface area (Å²) < 4.78 is 42.9. The molecule has 1 aromatic carbocycles. The Morgan fingerprint density at radius 1 is 1.27 bits per heavy atom. The molecule has 0 aliphatic rings. The van der Waals surface area contributed by atoms with Crippen molar-refractivity contribution in [3.05, 3.63) is 46.8 Å². The Hall–Kier alpha value is -2.51. The van der Waals surface area contributed by atoms with Gasteiger partial charge in [0.1, 0.15) is 5.75 Å². The van der Waals surface area contributed by atoms with Gasteiger partial charge in [-0.3, -0.25) is 9.48 Å². The van der Waals surface area contributed by atoms with E-state index in [1.807, 2.05) is 27.8 Å². The fourth-order valence-corrected chi connectivity index (χ4v) is 2.63. The number of aryl methyl sites for hydroxylation is 2. The maximum absolute atomic E-state index is 12.3. The van der Waals surface area contributed by atoms with Crippen molar-refractivity contribution < 1.29 is 22.7 Å². The van der Waals surface area contributed by atoms with Crippen molar-refractivity contribution in [2.24, 2.45) is 7.05 Å². The van der Waals surface area contributed by atoms with E-state index in [9.17, 15) is 18.0 Å². The van der Waals surface area contributed by atoms with Gasteiger partial charge in [-0.1, -0.05) is 12.1 Å². The topological polar surface area (TPSA) is 56.2 Å². The number of nitrogens with one attached hydrogen (secondary N) is 1. The largest absolute Gasteiger partial charge is 0.484 e. The number of hydrogen-bond acceptors (Lipinski definition) is 3. The number of carbonyl (C=O) groups is 1. The van der Waals surface area contributed by atoms with Crippen LogP contribution in [0.4, 0.5) is 13.2 Å². The highest BCUT2D eigenvalue weighted by molar-refractivity contribution is 5.79. The van der Waals surface area contributed by atoms with Gasteiger partial charge < -0.3 is 10.1 Å². The second-order valence-corrected chi connectivity index (χ2v) is 6.21. The number of carbonyl (C=O) groups excluding carboxylic acids is 1. The summed E-state index contributed by atoms with van der Waals surface area (Å²) >= 11 is 0. The molecule has 0 spiro atoms. The lowest BCUT2D eigenvalue weighted by atomic mass is 10.1. The van der Waals surface area contributed by atoms with Crippen molar-refractivity contribution in [3.63, 3.8) is 0 Å². The molecule has 142 valence electrons. The molecule has 0 aliphatic carbocycles. The molecule has 0 saturated carbocycles. The van der Waals surface area contributed by atoms with E-state index >= 15 is 0 Å². The molecule has 1 atom stereocenters. The third-order valence-electron chi connectivity index (χ3n) is 4.16. The van der Waals surface area contributed by atoms with E-state index in [-0.39, 0.29) is 24.1 Å². The first-order chi connectivity index (χ1) is 12.1. The third-order valence-corrected chi connectivity index (χ3v) is 4.16. The van der Waals surface area contributed by atoms with Gasteiger partial charge in [-0.05, 0) is 38.5 Å². The third kappa shape index (κ3) is 5.24. The number of benzene rings is 1. The molecule has 1 amide bonds. The summed E-state index contributed by atoms with van der Waals surface area (Å²) in [6, 6.07) is 5.91. The van der Waals surface area contributed by atoms with Crippen LogP contribution in [0.1, 0.15) is 35.5 Å². The second-order valence-electron chi connectivity index (χ2n) is 6.21. The zero-order valence-electron chi connectivity index (χ0n) is 15.1. The number of halogens is 3. The summed E-state index contributed by atoms with van der Waals surface area (Å²) in [5, 5.41) is 7.18. The maximum atomic E-state index is 12.3. The number of alkyl halides is 3. The molecule has 0 fully saturated rings. The first-order valence-corrected chi connectivity index (χ1v) is 8.15. The molecule has 1 heterocycles. The van der Waals surface area contributed by atoms with E-state index in [1.165, 1.54) is 12.1 Å². The Labute approximate surface area is 150 Å². The van der Waals surface area contributed by atoms with Gasteiger partial charge in [-0.15, -0.1) is 0 Å². The van der Waals surface area contributed by atoms with Gasteiger partial charge in [-0.25, -0.2) is 0 Å². The lowest BCUT2D eigenvalue weighted by Gasteiger charge is -2.15. The molecule has 0 aliphatic heterocycles. The summed E-state index contributed by atoms with van der Waals surface area (Å²) in [4.78, 5) is 12.3. The van der Waals surface area contributed by atoms with Gasteiger partial charge in [0.25, 0.3) is 0 Å². The minimum absolute atomic E-state index is 0.131. The fourth-order valence-electron chi connectivity index (χ4n) is 2.63. The Bertz CT molecular complexity index is 767. The number of amides is 1. The van der Waals surface area contributed by atoms with Crippen LogP contribution >= 0.6 is 0 Å². The number of ether oxygens (including phenoxy) is 1. The van der Waals surface area contributed by atoms with Crippen LogP contribution in [0, 0.1) is 13.8 Å². The molecule has 2 rings (SSSR count). The highest BCUT2D eigenvalue weighted by atomic mass is 19.4. The zero-order valence-corrected chi connectivity index (χ0v) is 15.1. The summed E-state index contributed by atoms with van der Waals surface area (Å²) in [5.41, 5.74) is 3.43. The monoisotopic (exact) mass is 369 g/mol. The van der Waals surface area contributed by atoms with Crippen molar-refractivity contribution in [3.8, 4) is 5.75 Å². The summed E-state index contributed by atoms with van der Waals surface area (Å²) in [7, 11) is 1.83. The van der Waals surface area contributed by atoms with Crippen LogP contribution in [0.2, 0.25) is 0 Å². The van der Waals surface area contributed by atoms with Crippen molar-refractivity contribution in [2.75, 3.05) is 6.61 Å². The smallest absolute Gasteiger partial charge is 0.422 e. The van der Waals surface area contributed by atoms with Crippen molar-refractivity contribution in [1.82, 2.24) is 15.1 Å². The van der Waals surface area contributed by atoms with E-state index in [4.69, 9.17) is 0 Å². The number of rotatable bonds is 6. The van der Waals surface area contributed by atoms with Gasteiger partial charge in [0.05, 0.1) is 18.2 Å². The normalized spacial score (nSPS) is 12.7. The van der Waals surface area contributed by atoms with Crippen molar-refractivity contribution >= 4 is 5.91 Å². The minimum atomic E-state index is -4.37. The van der Waals surface area contributed by atoms with Gasteiger partial charge in [0, 0.05) is 18.3 Å². The molecule has 8 heteroatoms. The molecule has 2 aromatic rings. The molecular formula is C18H22F3N3O2. The first kappa shape index (κ1) is 19.8. The molecule has 1 aromatic heterocycles. The number of hydrogen-bond donors (Lipinski definition) is 1. The zero-order chi connectivity index (χ0) is 19.5. The van der Waals surface area contributed by atoms with Crippen molar-refractivity contribution in [1.29, 1.82) is 0 Å². The van der Waals surface area contributed by atoms with Gasteiger partial charge in [0.2, 0.25) is 5.91 Å². The Morgan fingerprint density at radius 3 is 2.38 bits per heavy atom. The van der Waals surface area contributed by atoms with E-state index in [2.05, 4.69) is 15.2 Å². The molecule has 26 heavy (non-hydrogen) atoms. The van der Waals surface area contributed by atoms with Crippen LogP contribution in [0.25, 0.3) is 0 Å². The molecule has 5 nitrogen and oxygen atoms in total. The molecule has 0 radical (unpaired) electrons. The molecule has 1 N–H and O–H groups in total. The van der Waals surface area contributed by atoms with Crippen LogP contribution in [0.3, 0.4) is 0 Å². The summed E-state index contributed by atoms with van der Waals surface area (Å²) in [6.07, 6.45) is -4.15. The van der Waals surface area contributed by atoms with E-state index in [0.717, 1.165) is 22.5 Å². The molecular weight excluding hydrogens is 347 g/mol. The van der Waals surface area contributed by atoms with Gasteiger partial charge in [0.15, 0.2) is 6.61 Å². The Kier molecular flexibility index (Phi) is 5.94. The van der Waals surface area contributed by atoms with Crippen molar-refractivity contribution in [2.45, 2.75) is 39.4 Å². The highest BCUT2D eigenvalue weighted by Gasteiger charge is 2.28. The minimum Gasteiger partial charge on any atom is -0.484 e. The Morgan fingerprint density at radius 2 is 1.88 bits per heavy atom. The van der Waals surface area contributed by atoms with Crippen LogP contribution in [0.15, 0.2) is 24.3 Å². The number of nitrogens with zero attached hydrogens (tertiary/aromatic N) is 2. The van der Waals surface area contributed by atoms with Crippen LogP contribution in [-0.2, 0) is 18.3 Å². The first-order valence-electron chi connectivity index (χ1n) is 8.15. The highest BCUT2D eigenvalue weighted by Crippen LogP contribution is 2.21. The molecule has 1 unspecified atom stereocenters. The van der Waals surface area contributed by atoms with Crippen LogP contribution in [0.5, 0.6) is 5.75 Å². The number of aromatic nitrogens is 2. The predicted octanol–water partition coefficient (Wildman–Crippen LogP) is 3.40. The Balaban J connectivity index is 1.94. The summed E-state index contributed by atoms with van der Waals surface area (Å²) in [6.45, 7) is 4.25. The predicted molar refractivity (Wildman–Crippen MR) is 90.9 cm³/mol. The van der Waals surface area contributed by atoms with E-state index < -0.39 is 12.8 Å². The van der Waals surface area contributed by atoms with Gasteiger partial charge in [-0.2, -0.15) is 18.3 Å². The second kappa shape index (κ2) is 7.80. The average molecular weight is 369 g/mol. The maximum Gasteiger partial charge on any atom is 0.422 e. The standard InChI is InChI=1S/C18H22F3N3O2/c1-11(14-5-7-15(8-6-14)26-10-18(19,20)21)22-17(25)9-16-12(2)23-24(4)13(16)3/h5-8,11H,9-10H2,1-4H3,(H,22,25). The summed E-state index contributed by atoms with van der Waals surface area (Å²) in [5.74, 6) is -0.0136. The van der Waals surface area contributed by atoms with Crippen LogP contribution < -0.4 is 10.1 Å². The average Bonchev–Trinajstić information content (AvgIpc) is 2.79. The fraction of sp³-hybridized carbons (Fsp3) is 0.444. The lowest BCUT2D eigenvalue weighted by Crippen LogP contribution is -2.28. The van der Waals surface area contributed by atoms with E-state index in [0.29, 0.717) is 0 Å². The molecule has 0 bridgehead atoms. The lowest BCUT2D eigenvalue weighted by molar-refractivity contribution is -0.153. The van der Waals surface area contributed by atoms with Gasteiger partial charge >= 0.3 is 6.18 Å². The van der Waals surface area contributed by atoms with Crippen LogP contribution in [-0.4, -0.2) is 28.5 Å². The quantitative estimate of drug-likeness (QED) is 0.849. The SMILES string of the molecule is Cc1nn(C)c(C)c1CC(=O)NC(C)c1ccc(OCC(F)(F)F)cc1.